The SMILES string of the molecule is O=C(Cn1c2ccccc2c(=O)c2ccccc21)N1CCN(c2ccc(F)cc2)CC1. The lowest BCUT2D eigenvalue weighted by atomic mass is 10.1. The summed E-state index contributed by atoms with van der Waals surface area (Å²) in [7, 11) is 0. The molecule has 5 nitrogen and oxygen atoms in total. The lowest BCUT2D eigenvalue weighted by molar-refractivity contribution is -0.132. The highest BCUT2D eigenvalue weighted by molar-refractivity contribution is 5.94. The quantitative estimate of drug-likeness (QED) is 0.480. The highest BCUT2D eigenvalue weighted by Crippen LogP contribution is 2.21. The molecule has 0 unspecified atom stereocenters. The van der Waals surface area contributed by atoms with Gasteiger partial charge in [-0.25, -0.2) is 4.39 Å². The van der Waals surface area contributed by atoms with Crippen molar-refractivity contribution in [2.75, 3.05) is 31.1 Å². The Morgan fingerprint density at radius 2 is 1.32 bits per heavy atom. The zero-order valence-electron chi connectivity index (χ0n) is 17.0. The van der Waals surface area contributed by atoms with E-state index in [0.29, 0.717) is 37.0 Å². The number of benzene rings is 3. The molecule has 1 aromatic heterocycles. The van der Waals surface area contributed by atoms with E-state index in [1.54, 1.807) is 12.1 Å². The largest absolute Gasteiger partial charge is 0.368 e. The van der Waals surface area contributed by atoms with Gasteiger partial charge >= 0.3 is 0 Å². The monoisotopic (exact) mass is 415 g/mol. The van der Waals surface area contributed by atoms with Crippen LogP contribution in [0.5, 0.6) is 0 Å². The first-order valence-corrected chi connectivity index (χ1v) is 10.4. The summed E-state index contributed by atoms with van der Waals surface area (Å²) >= 11 is 0. The van der Waals surface area contributed by atoms with E-state index >= 15 is 0 Å². The van der Waals surface area contributed by atoms with Gasteiger partial charge in [-0.2, -0.15) is 0 Å². The molecule has 0 atom stereocenters. The van der Waals surface area contributed by atoms with Crippen molar-refractivity contribution in [3.63, 3.8) is 0 Å². The Labute approximate surface area is 178 Å². The normalized spacial score (nSPS) is 14.4. The van der Waals surface area contributed by atoms with Gasteiger partial charge in [-0.3, -0.25) is 9.59 Å². The molecule has 156 valence electrons. The first kappa shape index (κ1) is 19.3. The molecule has 1 amide bonds. The second-order valence-corrected chi connectivity index (χ2v) is 7.79. The molecule has 4 aromatic rings. The highest BCUT2D eigenvalue weighted by atomic mass is 19.1. The zero-order valence-corrected chi connectivity index (χ0v) is 17.0. The lowest BCUT2D eigenvalue weighted by Crippen LogP contribution is -2.49. The van der Waals surface area contributed by atoms with Crippen LogP contribution in [0.2, 0.25) is 0 Å². The van der Waals surface area contributed by atoms with E-state index in [1.165, 1.54) is 12.1 Å². The van der Waals surface area contributed by atoms with Crippen LogP contribution in [0.3, 0.4) is 0 Å². The fourth-order valence-corrected chi connectivity index (χ4v) is 4.35. The van der Waals surface area contributed by atoms with Crippen molar-refractivity contribution in [3.05, 3.63) is 88.8 Å². The Balaban J connectivity index is 1.40. The predicted molar refractivity (Wildman–Crippen MR) is 121 cm³/mol. The summed E-state index contributed by atoms with van der Waals surface area (Å²) in [5.41, 5.74) is 2.49. The van der Waals surface area contributed by atoms with E-state index < -0.39 is 0 Å². The van der Waals surface area contributed by atoms with Crippen LogP contribution in [-0.4, -0.2) is 41.6 Å². The van der Waals surface area contributed by atoms with Crippen LogP contribution in [-0.2, 0) is 11.3 Å². The fraction of sp³-hybridized carbons (Fsp3) is 0.200. The third kappa shape index (κ3) is 3.54. The number of hydrogen-bond donors (Lipinski definition) is 0. The smallest absolute Gasteiger partial charge is 0.242 e. The molecule has 0 radical (unpaired) electrons. The number of halogens is 1. The van der Waals surface area contributed by atoms with Crippen LogP contribution >= 0.6 is 0 Å². The molecule has 0 N–H and O–H groups in total. The molecule has 1 fully saturated rings. The molecule has 2 heterocycles. The molecule has 1 saturated heterocycles. The van der Waals surface area contributed by atoms with E-state index in [4.69, 9.17) is 0 Å². The van der Waals surface area contributed by atoms with Crippen LogP contribution in [0.1, 0.15) is 0 Å². The molecule has 6 heteroatoms. The van der Waals surface area contributed by atoms with Gasteiger partial charge in [-0.15, -0.1) is 0 Å². The number of piperazine rings is 1. The van der Waals surface area contributed by atoms with Crippen LogP contribution in [0.15, 0.2) is 77.6 Å². The molecular formula is C25H22FN3O2. The molecule has 3 aromatic carbocycles. The van der Waals surface area contributed by atoms with Crippen LogP contribution in [0, 0.1) is 5.82 Å². The standard InChI is InChI=1S/C25H22FN3O2/c26-18-9-11-19(12-10-18)27-13-15-28(16-14-27)24(30)17-29-22-7-3-1-5-20(22)25(31)21-6-2-4-8-23(21)29/h1-12H,13-17H2. The number of carbonyl (C=O) groups excluding carboxylic acids is 1. The predicted octanol–water partition coefficient (Wildman–Crippen LogP) is 3.64. The topological polar surface area (TPSA) is 45.6 Å². The molecule has 5 rings (SSSR count). The second-order valence-electron chi connectivity index (χ2n) is 7.79. The van der Waals surface area contributed by atoms with E-state index in [0.717, 1.165) is 16.7 Å². The number of anilines is 1. The first-order valence-electron chi connectivity index (χ1n) is 10.4. The Morgan fingerprint density at radius 1 is 0.774 bits per heavy atom. The third-order valence-electron chi connectivity index (χ3n) is 6.00. The number of hydrogen-bond acceptors (Lipinski definition) is 3. The average molecular weight is 415 g/mol. The van der Waals surface area contributed by atoms with Crippen LogP contribution in [0.25, 0.3) is 21.8 Å². The molecule has 0 aliphatic carbocycles. The van der Waals surface area contributed by atoms with Crippen molar-refractivity contribution in [3.8, 4) is 0 Å². The molecular weight excluding hydrogens is 393 g/mol. The number of fused-ring (bicyclic) bond motifs is 2. The van der Waals surface area contributed by atoms with E-state index in [1.807, 2.05) is 58.0 Å². The van der Waals surface area contributed by atoms with Gasteiger partial charge in [0.25, 0.3) is 0 Å². The van der Waals surface area contributed by atoms with Crippen molar-refractivity contribution in [1.29, 1.82) is 0 Å². The number of carbonyl (C=O) groups is 1. The Bertz CT molecular complexity index is 1260. The summed E-state index contributed by atoms with van der Waals surface area (Å²) in [6, 6.07) is 21.3. The van der Waals surface area contributed by atoms with Gasteiger partial charge in [0.2, 0.25) is 5.91 Å². The van der Waals surface area contributed by atoms with Gasteiger partial charge in [0.15, 0.2) is 5.43 Å². The van der Waals surface area contributed by atoms with Gasteiger partial charge in [0, 0.05) is 42.6 Å². The van der Waals surface area contributed by atoms with Gasteiger partial charge in [-0.1, -0.05) is 24.3 Å². The minimum atomic E-state index is -0.252. The summed E-state index contributed by atoms with van der Waals surface area (Å²) < 4.78 is 15.1. The zero-order chi connectivity index (χ0) is 21.4. The summed E-state index contributed by atoms with van der Waals surface area (Å²) in [6.45, 7) is 2.78. The summed E-state index contributed by atoms with van der Waals surface area (Å²) in [6.07, 6.45) is 0. The Morgan fingerprint density at radius 3 is 1.90 bits per heavy atom. The average Bonchev–Trinajstić information content (AvgIpc) is 2.82. The lowest BCUT2D eigenvalue weighted by Gasteiger charge is -2.36. The Kier molecular flexibility index (Phi) is 4.90. The number of aromatic nitrogens is 1. The van der Waals surface area contributed by atoms with E-state index in [2.05, 4.69) is 4.90 Å². The van der Waals surface area contributed by atoms with Gasteiger partial charge < -0.3 is 14.4 Å². The summed E-state index contributed by atoms with van der Waals surface area (Å²) in [4.78, 5) is 30.1. The first-order chi connectivity index (χ1) is 15.1. The maximum absolute atomic E-state index is 13.2. The van der Waals surface area contributed by atoms with Crippen molar-refractivity contribution >= 4 is 33.4 Å². The van der Waals surface area contributed by atoms with Crippen molar-refractivity contribution in [2.45, 2.75) is 6.54 Å². The molecule has 0 spiro atoms. The molecule has 0 bridgehead atoms. The number of para-hydroxylation sites is 2. The number of rotatable bonds is 3. The summed E-state index contributed by atoms with van der Waals surface area (Å²) in [5, 5.41) is 1.24. The molecule has 1 aliphatic rings. The van der Waals surface area contributed by atoms with Crippen LogP contribution < -0.4 is 10.3 Å². The minimum Gasteiger partial charge on any atom is -0.368 e. The fourth-order valence-electron chi connectivity index (χ4n) is 4.35. The maximum Gasteiger partial charge on any atom is 0.242 e. The minimum absolute atomic E-state index is 0.0113. The molecule has 1 aliphatic heterocycles. The van der Waals surface area contributed by atoms with Crippen LogP contribution in [0.4, 0.5) is 10.1 Å². The number of pyridine rings is 1. The molecule has 0 saturated carbocycles. The van der Waals surface area contributed by atoms with Gasteiger partial charge in [0.1, 0.15) is 12.4 Å². The Hall–Kier alpha value is -3.67. The number of amides is 1. The van der Waals surface area contributed by atoms with Gasteiger partial charge in [-0.05, 0) is 48.5 Å². The maximum atomic E-state index is 13.2. The number of nitrogens with zero attached hydrogens (tertiary/aromatic N) is 3. The molecule has 31 heavy (non-hydrogen) atoms. The highest BCUT2D eigenvalue weighted by Gasteiger charge is 2.22. The van der Waals surface area contributed by atoms with E-state index in [-0.39, 0.29) is 23.7 Å². The van der Waals surface area contributed by atoms with Crippen molar-refractivity contribution in [1.82, 2.24) is 9.47 Å². The van der Waals surface area contributed by atoms with Gasteiger partial charge in [0.05, 0.1) is 11.0 Å². The second kappa shape index (κ2) is 7.87. The van der Waals surface area contributed by atoms with E-state index in [9.17, 15) is 14.0 Å². The summed E-state index contributed by atoms with van der Waals surface area (Å²) in [5.74, 6) is -0.226. The van der Waals surface area contributed by atoms with Crippen molar-refractivity contribution in [2.24, 2.45) is 0 Å². The third-order valence-corrected chi connectivity index (χ3v) is 6.00. The van der Waals surface area contributed by atoms with Crippen molar-refractivity contribution < 1.29 is 9.18 Å².